The molecule has 0 spiro atoms. The van der Waals surface area contributed by atoms with Crippen molar-refractivity contribution in [2.24, 2.45) is 0 Å². The van der Waals surface area contributed by atoms with Crippen LogP contribution >= 0.6 is 0 Å². The number of benzene rings is 1. The van der Waals surface area contributed by atoms with Gasteiger partial charge in [0.25, 0.3) is 0 Å². The van der Waals surface area contributed by atoms with Gasteiger partial charge in [-0.05, 0) is 37.9 Å². The van der Waals surface area contributed by atoms with Crippen LogP contribution in [-0.4, -0.2) is 36.7 Å². The van der Waals surface area contributed by atoms with Gasteiger partial charge in [-0.25, -0.2) is 0 Å². The van der Waals surface area contributed by atoms with Crippen LogP contribution < -0.4 is 5.32 Å². The van der Waals surface area contributed by atoms with Gasteiger partial charge in [-0.2, -0.15) is 0 Å². The molecule has 1 aliphatic heterocycles. The van der Waals surface area contributed by atoms with Crippen LogP contribution in [0.15, 0.2) is 24.3 Å². The number of hydrogen-bond acceptors (Lipinski definition) is 3. The van der Waals surface area contributed by atoms with Gasteiger partial charge in [0.15, 0.2) is 0 Å². The zero-order chi connectivity index (χ0) is 14.4. The van der Waals surface area contributed by atoms with E-state index in [0.29, 0.717) is 0 Å². The second-order valence-corrected chi connectivity index (χ2v) is 6.32. The maximum atomic E-state index is 5.77. The maximum Gasteiger partial charge on any atom is 0.0753 e. The van der Waals surface area contributed by atoms with Gasteiger partial charge in [0.2, 0.25) is 0 Å². The fourth-order valence-corrected chi connectivity index (χ4v) is 2.75. The van der Waals surface area contributed by atoms with Crippen LogP contribution in [0.5, 0.6) is 0 Å². The minimum absolute atomic E-state index is 0.0153. The molecular formula is C17H28N2O. The molecule has 0 bridgehead atoms. The Kier molecular flexibility index (Phi) is 5.58. The van der Waals surface area contributed by atoms with Crippen molar-refractivity contribution in [3.8, 4) is 0 Å². The highest BCUT2D eigenvalue weighted by molar-refractivity contribution is 5.23. The molecule has 0 saturated carbocycles. The molecule has 1 heterocycles. The molecule has 1 aliphatic rings. The molecule has 20 heavy (non-hydrogen) atoms. The first-order valence-corrected chi connectivity index (χ1v) is 7.74. The van der Waals surface area contributed by atoms with E-state index >= 15 is 0 Å². The predicted octanol–water partition coefficient (Wildman–Crippen LogP) is 2.80. The Bertz CT molecular complexity index is 417. The summed E-state index contributed by atoms with van der Waals surface area (Å²) in [6, 6.07) is 8.93. The number of ether oxygens (including phenoxy) is 1. The molecule has 0 amide bonds. The van der Waals surface area contributed by atoms with Crippen molar-refractivity contribution in [3.63, 3.8) is 0 Å². The summed E-state index contributed by atoms with van der Waals surface area (Å²) in [6.07, 6.45) is 1.18. The fourth-order valence-electron chi connectivity index (χ4n) is 2.75. The second kappa shape index (κ2) is 7.21. The number of rotatable bonds is 6. The summed E-state index contributed by atoms with van der Waals surface area (Å²) in [5, 5.41) is 3.46. The predicted molar refractivity (Wildman–Crippen MR) is 83.7 cm³/mol. The molecule has 0 atom stereocenters. The van der Waals surface area contributed by atoms with Crippen molar-refractivity contribution in [3.05, 3.63) is 35.4 Å². The van der Waals surface area contributed by atoms with Gasteiger partial charge in [0, 0.05) is 26.2 Å². The lowest BCUT2D eigenvalue weighted by molar-refractivity contribution is -0.0882. The molecule has 1 fully saturated rings. The summed E-state index contributed by atoms with van der Waals surface area (Å²) in [5.41, 5.74) is 2.76. The standard InChI is InChI=1S/C17H28N2O/c1-4-8-18-12-15-6-5-7-16(11-15)13-19-9-10-20-17(2,3)14-19/h5-7,11,18H,4,8-10,12-14H2,1-3H3. The van der Waals surface area contributed by atoms with Gasteiger partial charge in [0.1, 0.15) is 0 Å². The highest BCUT2D eigenvalue weighted by Crippen LogP contribution is 2.18. The van der Waals surface area contributed by atoms with Crippen molar-refractivity contribution < 1.29 is 4.74 Å². The molecule has 1 saturated heterocycles. The van der Waals surface area contributed by atoms with Crippen molar-refractivity contribution in [1.29, 1.82) is 0 Å². The molecule has 1 aromatic carbocycles. The number of nitrogens with zero attached hydrogens (tertiary/aromatic N) is 1. The lowest BCUT2D eigenvalue weighted by atomic mass is 10.1. The van der Waals surface area contributed by atoms with Crippen LogP contribution in [0.1, 0.15) is 38.3 Å². The van der Waals surface area contributed by atoms with Crippen molar-refractivity contribution in [1.82, 2.24) is 10.2 Å². The molecule has 3 heteroatoms. The van der Waals surface area contributed by atoms with E-state index in [4.69, 9.17) is 4.74 Å². The Morgan fingerprint density at radius 2 is 2.10 bits per heavy atom. The monoisotopic (exact) mass is 276 g/mol. The molecule has 0 radical (unpaired) electrons. The molecule has 0 aromatic heterocycles. The molecule has 3 nitrogen and oxygen atoms in total. The summed E-state index contributed by atoms with van der Waals surface area (Å²) in [6.45, 7) is 12.5. The first kappa shape index (κ1) is 15.5. The summed E-state index contributed by atoms with van der Waals surface area (Å²) in [5.74, 6) is 0. The van der Waals surface area contributed by atoms with E-state index in [0.717, 1.165) is 39.3 Å². The zero-order valence-electron chi connectivity index (χ0n) is 13.1. The number of nitrogens with one attached hydrogen (secondary N) is 1. The van der Waals surface area contributed by atoms with E-state index in [1.54, 1.807) is 0 Å². The average Bonchev–Trinajstić information content (AvgIpc) is 2.38. The Morgan fingerprint density at radius 3 is 2.85 bits per heavy atom. The Labute approximate surface area is 123 Å². The third-order valence-electron chi connectivity index (χ3n) is 3.66. The fraction of sp³-hybridized carbons (Fsp3) is 0.647. The van der Waals surface area contributed by atoms with Gasteiger partial charge in [-0.15, -0.1) is 0 Å². The van der Waals surface area contributed by atoms with E-state index < -0.39 is 0 Å². The summed E-state index contributed by atoms with van der Waals surface area (Å²) in [4.78, 5) is 2.49. The first-order chi connectivity index (χ1) is 9.59. The van der Waals surface area contributed by atoms with Crippen LogP contribution in [0.25, 0.3) is 0 Å². The van der Waals surface area contributed by atoms with E-state index in [1.165, 1.54) is 17.5 Å². The third-order valence-corrected chi connectivity index (χ3v) is 3.66. The van der Waals surface area contributed by atoms with Gasteiger partial charge in [0.05, 0.1) is 12.2 Å². The quantitative estimate of drug-likeness (QED) is 0.809. The topological polar surface area (TPSA) is 24.5 Å². The van der Waals surface area contributed by atoms with Crippen molar-refractivity contribution in [2.45, 2.75) is 45.9 Å². The molecular weight excluding hydrogens is 248 g/mol. The van der Waals surface area contributed by atoms with Gasteiger partial charge in [-0.3, -0.25) is 4.90 Å². The van der Waals surface area contributed by atoms with E-state index in [2.05, 4.69) is 55.3 Å². The molecule has 0 unspecified atom stereocenters. The number of hydrogen-bond donors (Lipinski definition) is 1. The molecule has 2 rings (SSSR count). The zero-order valence-corrected chi connectivity index (χ0v) is 13.1. The van der Waals surface area contributed by atoms with Crippen LogP contribution in [0.3, 0.4) is 0 Å². The summed E-state index contributed by atoms with van der Waals surface area (Å²) < 4.78 is 5.77. The normalized spacial score (nSPS) is 19.1. The van der Waals surface area contributed by atoms with Crippen molar-refractivity contribution >= 4 is 0 Å². The first-order valence-electron chi connectivity index (χ1n) is 7.74. The van der Waals surface area contributed by atoms with E-state index in [9.17, 15) is 0 Å². The molecule has 1 N–H and O–H groups in total. The lowest BCUT2D eigenvalue weighted by Gasteiger charge is -2.38. The Morgan fingerprint density at radius 1 is 1.30 bits per heavy atom. The SMILES string of the molecule is CCCNCc1cccc(CN2CCOC(C)(C)C2)c1. The Hall–Kier alpha value is -0.900. The molecule has 1 aromatic rings. The van der Waals surface area contributed by atoms with Gasteiger partial charge in [-0.1, -0.05) is 31.2 Å². The van der Waals surface area contributed by atoms with E-state index in [-0.39, 0.29) is 5.60 Å². The van der Waals surface area contributed by atoms with Crippen molar-refractivity contribution in [2.75, 3.05) is 26.2 Å². The molecule has 0 aliphatic carbocycles. The van der Waals surface area contributed by atoms with Crippen LogP contribution in [0.4, 0.5) is 0 Å². The van der Waals surface area contributed by atoms with E-state index in [1.807, 2.05) is 0 Å². The minimum Gasteiger partial charge on any atom is -0.373 e. The van der Waals surface area contributed by atoms with Crippen LogP contribution in [0, 0.1) is 0 Å². The largest absolute Gasteiger partial charge is 0.373 e. The summed E-state index contributed by atoms with van der Waals surface area (Å²) in [7, 11) is 0. The number of morpholine rings is 1. The minimum atomic E-state index is -0.0153. The van der Waals surface area contributed by atoms with Gasteiger partial charge < -0.3 is 10.1 Å². The van der Waals surface area contributed by atoms with Gasteiger partial charge >= 0.3 is 0 Å². The molecule has 112 valence electrons. The second-order valence-electron chi connectivity index (χ2n) is 6.32. The third kappa shape index (κ3) is 4.89. The average molecular weight is 276 g/mol. The highest BCUT2D eigenvalue weighted by Gasteiger charge is 2.26. The maximum absolute atomic E-state index is 5.77. The van der Waals surface area contributed by atoms with Crippen LogP contribution in [0.2, 0.25) is 0 Å². The lowest BCUT2D eigenvalue weighted by Crippen LogP contribution is -2.47. The highest BCUT2D eigenvalue weighted by atomic mass is 16.5. The smallest absolute Gasteiger partial charge is 0.0753 e. The van der Waals surface area contributed by atoms with Crippen LogP contribution in [-0.2, 0) is 17.8 Å². The Balaban J connectivity index is 1.90. The summed E-state index contributed by atoms with van der Waals surface area (Å²) >= 11 is 0.